The van der Waals surface area contributed by atoms with Gasteiger partial charge in [0.05, 0.1) is 33.5 Å². The molecule has 0 spiro atoms. The summed E-state index contributed by atoms with van der Waals surface area (Å²) < 4.78 is 2.11. The van der Waals surface area contributed by atoms with Crippen LogP contribution in [-0.4, -0.2) is 20.6 Å². The van der Waals surface area contributed by atoms with E-state index in [2.05, 4.69) is 27.8 Å². The maximum atomic E-state index is 14.4. The molecule has 6 heteroatoms. The Morgan fingerprint density at radius 3 is 2.30 bits per heavy atom. The van der Waals surface area contributed by atoms with Gasteiger partial charge in [-0.25, -0.2) is 0 Å². The predicted octanol–water partition coefficient (Wildman–Crippen LogP) is 8.04. The van der Waals surface area contributed by atoms with Crippen molar-refractivity contribution in [3.8, 4) is 34.0 Å². The van der Waals surface area contributed by atoms with Gasteiger partial charge in [-0.1, -0.05) is 84.9 Å². The second-order valence-electron chi connectivity index (χ2n) is 10.8. The molecule has 0 aliphatic carbocycles. The summed E-state index contributed by atoms with van der Waals surface area (Å²) in [5, 5.41) is 23.1. The van der Waals surface area contributed by atoms with Crippen molar-refractivity contribution >= 4 is 33.4 Å². The maximum Gasteiger partial charge on any atom is 0.263 e. The highest BCUT2D eigenvalue weighted by Gasteiger charge is 2.40. The quantitative estimate of drug-likeness (QED) is 0.233. The van der Waals surface area contributed by atoms with Gasteiger partial charge in [0, 0.05) is 39.9 Å². The maximum absolute atomic E-state index is 14.4. The van der Waals surface area contributed by atoms with Gasteiger partial charge in [-0.3, -0.25) is 14.7 Å². The molecule has 1 aliphatic rings. The number of nitriles is 1. The topological polar surface area (TPSA) is 82.2 Å². The summed E-state index contributed by atoms with van der Waals surface area (Å²) in [5.41, 5.74) is 8.41. The third-order valence-electron chi connectivity index (χ3n) is 8.39. The van der Waals surface area contributed by atoms with E-state index < -0.39 is 6.23 Å². The fourth-order valence-corrected chi connectivity index (χ4v) is 6.42. The molecule has 0 radical (unpaired) electrons. The van der Waals surface area contributed by atoms with E-state index in [-0.39, 0.29) is 5.91 Å². The first-order valence-corrected chi connectivity index (χ1v) is 14.3. The van der Waals surface area contributed by atoms with Crippen LogP contribution in [-0.2, 0) is 0 Å². The molecule has 208 valence electrons. The van der Waals surface area contributed by atoms with E-state index in [4.69, 9.17) is 0 Å². The van der Waals surface area contributed by atoms with E-state index in [1.165, 1.54) is 4.90 Å². The zero-order valence-corrected chi connectivity index (χ0v) is 23.4. The van der Waals surface area contributed by atoms with E-state index in [1.807, 2.05) is 109 Å². The molecule has 0 saturated heterocycles. The normalized spacial score (nSPS) is 14.2. The number of aliphatic hydroxyl groups is 1. The van der Waals surface area contributed by atoms with Gasteiger partial charge in [0.2, 0.25) is 0 Å². The first kappa shape index (κ1) is 25.7. The van der Waals surface area contributed by atoms with Crippen LogP contribution in [0, 0.1) is 11.3 Å². The lowest BCUT2D eigenvalue weighted by Gasteiger charge is -2.24. The number of carbonyl (C=O) groups excluding carboxylic acids is 1. The van der Waals surface area contributed by atoms with Crippen molar-refractivity contribution in [2.45, 2.75) is 6.23 Å². The van der Waals surface area contributed by atoms with Crippen LogP contribution in [0.5, 0.6) is 0 Å². The number of aromatic nitrogens is 2. The van der Waals surface area contributed by atoms with E-state index in [9.17, 15) is 15.2 Å². The number of carbonyl (C=O) groups is 1. The third-order valence-corrected chi connectivity index (χ3v) is 8.39. The molecule has 2 aromatic heterocycles. The average Bonchev–Trinajstić information content (AvgIpc) is 3.55. The van der Waals surface area contributed by atoms with Gasteiger partial charge in [-0.15, -0.1) is 0 Å². The van der Waals surface area contributed by atoms with Crippen molar-refractivity contribution < 1.29 is 9.90 Å². The van der Waals surface area contributed by atoms with E-state index in [0.29, 0.717) is 28.1 Å². The molecule has 1 atom stereocenters. The number of anilines is 1. The highest BCUT2D eigenvalue weighted by atomic mass is 16.3. The van der Waals surface area contributed by atoms with Crippen molar-refractivity contribution in [1.82, 2.24) is 9.55 Å². The second kappa shape index (κ2) is 10.1. The molecule has 1 aliphatic heterocycles. The molecular weight excluding hydrogens is 544 g/mol. The molecule has 0 saturated carbocycles. The Bertz CT molecular complexity index is 2300. The Hall–Kier alpha value is -6.03. The highest BCUT2D eigenvalue weighted by Crippen LogP contribution is 2.44. The van der Waals surface area contributed by atoms with Gasteiger partial charge in [-0.2, -0.15) is 5.26 Å². The minimum atomic E-state index is -1.14. The summed E-state index contributed by atoms with van der Waals surface area (Å²) in [7, 11) is 0. The number of para-hydroxylation sites is 2. The summed E-state index contributed by atoms with van der Waals surface area (Å²) >= 11 is 0. The Balaban J connectivity index is 1.32. The highest BCUT2D eigenvalue weighted by molar-refractivity contribution is 6.16. The van der Waals surface area contributed by atoms with Crippen LogP contribution >= 0.6 is 0 Å². The number of aliphatic hydroxyl groups excluding tert-OH is 1. The van der Waals surface area contributed by atoms with Crippen LogP contribution in [0.1, 0.15) is 27.7 Å². The Morgan fingerprint density at radius 2 is 1.43 bits per heavy atom. The lowest BCUT2D eigenvalue weighted by Crippen LogP contribution is -2.28. The van der Waals surface area contributed by atoms with Gasteiger partial charge >= 0.3 is 0 Å². The molecule has 1 N–H and O–H groups in total. The van der Waals surface area contributed by atoms with Crippen LogP contribution in [0.4, 0.5) is 5.69 Å². The first-order chi connectivity index (χ1) is 21.6. The third kappa shape index (κ3) is 3.84. The number of amides is 1. The van der Waals surface area contributed by atoms with Crippen LogP contribution in [0.3, 0.4) is 0 Å². The molecule has 3 heterocycles. The number of rotatable bonds is 4. The molecule has 6 nitrogen and oxygen atoms in total. The van der Waals surface area contributed by atoms with Crippen molar-refractivity contribution in [3.05, 3.63) is 150 Å². The minimum absolute atomic E-state index is 0.256. The number of benzene rings is 5. The smallest absolute Gasteiger partial charge is 0.263 e. The number of pyridine rings is 1. The molecule has 5 aromatic carbocycles. The van der Waals surface area contributed by atoms with Gasteiger partial charge in [-0.05, 0) is 47.5 Å². The minimum Gasteiger partial charge on any atom is -0.369 e. The number of nitrogens with zero attached hydrogens (tertiary/aromatic N) is 4. The zero-order valence-electron chi connectivity index (χ0n) is 23.4. The molecule has 7 aromatic rings. The lowest BCUT2D eigenvalue weighted by atomic mass is 10.0. The van der Waals surface area contributed by atoms with Gasteiger partial charge in [0.1, 0.15) is 6.07 Å². The first-order valence-electron chi connectivity index (χ1n) is 14.3. The van der Waals surface area contributed by atoms with Crippen molar-refractivity contribution in [2.24, 2.45) is 0 Å². The molecule has 1 unspecified atom stereocenters. The monoisotopic (exact) mass is 568 g/mol. The lowest BCUT2D eigenvalue weighted by molar-refractivity contribution is 0.0935. The Morgan fingerprint density at radius 1 is 0.682 bits per heavy atom. The zero-order chi connectivity index (χ0) is 29.8. The van der Waals surface area contributed by atoms with E-state index in [0.717, 1.165) is 44.1 Å². The van der Waals surface area contributed by atoms with Crippen molar-refractivity contribution in [2.75, 3.05) is 4.90 Å². The van der Waals surface area contributed by atoms with Crippen molar-refractivity contribution in [3.63, 3.8) is 0 Å². The van der Waals surface area contributed by atoms with E-state index in [1.54, 1.807) is 12.4 Å². The number of hydrogen-bond acceptors (Lipinski definition) is 4. The summed E-state index contributed by atoms with van der Waals surface area (Å²) in [6.45, 7) is 0. The number of hydrogen-bond donors (Lipinski definition) is 1. The van der Waals surface area contributed by atoms with Crippen molar-refractivity contribution in [1.29, 1.82) is 5.26 Å². The van der Waals surface area contributed by atoms with Gasteiger partial charge < -0.3 is 9.67 Å². The Labute approximate surface area is 253 Å². The van der Waals surface area contributed by atoms with Crippen LogP contribution in [0.2, 0.25) is 0 Å². The van der Waals surface area contributed by atoms with Crippen LogP contribution < -0.4 is 4.90 Å². The SMILES string of the molecule is N#Cc1cncc(-c2ccc3c(c2)c2ccccc2n3-c2cccc3c2C(=O)N(c2ccccc2-c2ccccc2)C3O)c1. The average molecular weight is 569 g/mol. The molecule has 0 fully saturated rings. The molecule has 44 heavy (non-hydrogen) atoms. The van der Waals surface area contributed by atoms with E-state index >= 15 is 0 Å². The second-order valence-corrected chi connectivity index (χ2v) is 10.8. The van der Waals surface area contributed by atoms with Crippen LogP contribution in [0.15, 0.2) is 134 Å². The summed E-state index contributed by atoms with van der Waals surface area (Å²) in [6.07, 6.45) is 2.17. The molecular formula is C38H24N4O2. The standard InChI is InChI=1S/C38H24N4O2/c39-21-24-19-27(23-40-22-24)26-17-18-34-31(20-26)29-12-5-7-15-33(29)41(34)35-16-8-13-30-36(35)38(44)42(37(30)43)32-14-6-4-11-28(32)25-9-2-1-3-10-25/h1-20,22-23,37,43H. The van der Waals surface area contributed by atoms with Gasteiger partial charge in [0.15, 0.2) is 6.23 Å². The molecule has 1 amide bonds. The fraction of sp³-hybridized carbons (Fsp3) is 0.0263. The largest absolute Gasteiger partial charge is 0.369 e. The number of fused-ring (bicyclic) bond motifs is 4. The van der Waals surface area contributed by atoms with Gasteiger partial charge in [0.25, 0.3) is 5.91 Å². The molecule has 8 rings (SSSR count). The Kier molecular flexibility index (Phi) is 5.86. The summed E-state index contributed by atoms with van der Waals surface area (Å²) in [6, 6.07) is 41.5. The molecule has 0 bridgehead atoms. The van der Waals surface area contributed by atoms with Crippen LogP contribution in [0.25, 0.3) is 49.7 Å². The summed E-state index contributed by atoms with van der Waals surface area (Å²) in [5.74, 6) is -0.256. The predicted molar refractivity (Wildman–Crippen MR) is 172 cm³/mol. The summed E-state index contributed by atoms with van der Waals surface area (Å²) in [4.78, 5) is 20.1. The fourth-order valence-electron chi connectivity index (χ4n) is 6.42.